The number of carbonyl (C=O) groups is 2. The van der Waals surface area contributed by atoms with E-state index in [-0.39, 0.29) is 10.7 Å². The lowest BCUT2D eigenvalue weighted by molar-refractivity contribution is -0.111. The van der Waals surface area contributed by atoms with Crippen LogP contribution in [0.15, 0.2) is 29.2 Å². The van der Waals surface area contributed by atoms with E-state index in [9.17, 15) is 9.59 Å². The Bertz CT molecular complexity index is 472. The summed E-state index contributed by atoms with van der Waals surface area (Å²) in [5.41, 5.74) is 0.194. The molecule has 0 saturated carbocycles. The van der Waals surface area contributed by atoms with E-state index in [1.165, 1.54) is 6.07 Å². The number of rotatable bonds is 9. The first kappa shape index (κ1) is 17.7. The molecule has 0 bridgehead atoms. The van der Waals surface area contributed by atoms with Crippen molar-refractivity contribution >= 4 is 22.8 Å². The van der Waals surface area contributed by atoms with Gasteiger partial charge in [-0.05, 0) is 44.6 Å². The number of thioether (sulfide) groups is 1. The molecule has 0 saturated heterocycles. The quantitative estimate of drug-likeness (QED) is 0.559. The van der Waals surface area contributed by atoms with Crippen molar-refractivity contribution < 1.29 is 14.7 Å². The van der Waals surface area contributed by atoms with Crippen molar-refractivity contribution in [3.8, 4) is 0 Å². The maximum absolute atomic E-state index is 11.9. The van der Waals surface area contributed by atoms with E-state index in [1.54, 1.807) is 18.2 Å². The van der Waals surface area contributed by atoms with E-state index in [0.717, 1.165) is 44.2 Å². The molecule has 0 atom stereocenters. The van der Waals surface area contributed by atoms with Crippen molar-refractivity contribution in [2.75, 3.05) is 19.6 Å². The molecule has 5 heteroatoms. The summed E-state index contributed by atoms with van der Waals surface area (Å²) in [7, 11) is 0. The average Bonchev–Trinajstić information content (AvgIpc) is 2.47. The monoisotopic (exact) mass is 309 g/mol. The van der Waals surface area contributed by atoms with Crippen LogP contribution in [0.3, 0.4) is 0 Å². The van der Waals surface area contributed by atoms with Gasteiger partial charge in [-0.15, -0.1) is 0 Å². The van der Waals surface area contributed by atoms with Crippen molar-refractivity contribution in [1.82, 2.24) is 4.90 Å². The van der Waals surface area contributed by atoms with Crippen molar-refractivity contribution in [2.24, 2.45) is 0 Å². The molecule has 0 fully saturated rings. The maximum atomic E-state index is 11.9. The zero-order valence-corrected chi connectivity index (χ0v) is 13.5. The number of aromatic carboxylic acids is 1. The van der Waals surface area contributed by atoms with Crippen LogP contribution in [0.25, 0.3) is 0 Å². The van der Waals surface area contributed by atoms with Gasteiger partial charge in [-0.25, -0.2) is 4.79 Å². The minimum atomic E-state index is -0.993. The molecule has 1 N–H and O–H groups in total. The fraction of sp³-hybridized carbons (Fsp3) is 0.500. The highest BCUT2D eigenvalue weighted by molar-refractivity contribution is 8.13. The number of hydrogen-bond donors (Lipinski definition) is 1. The van der Waals surface area contributed by atoms with E-state index in [2.05, 4.69) is 18.7 Å². The predicted molar refractivity (Wildman–Crippen MR) is 85.9 cm³/mol. The minimum absolute atomic E-state index is 0.0308. The van der Waals surface area contributed by atoms with Gasteiger partial charge in [0.05, 0.1) is 5.56 Å². The average molecular weight is 309 g/mol. The fourth-order valence-electron chi connectivity index (χ4n) is 2.05. The Morgan fingerprint density at radius 1 is 1.14 bits per heavy atom. The van der Waals surface area contributed by atoms with Gasteiger partial charge in [0.15, 0.2) is 5.12 Å². The van der Waals surface area contributed by atoms with E-state index in [4.69, 9.17) is 5.11 Å². The standard InChI is InChI=1S/C16H23NO3S/c1-3-17(4-2)12-8-7-11-15(18)21-14-10-6-5-9-13(14)16(19)20/h5-6,9-10H,3-4,7-8,11-12H2,1-2H3,(H,19,20). The Balaban J connectivity index is 2.39. The molecule has 21 heavy (non-hydrogen) atoms. The summed E-state index contributed by atoms with van der Waals surface area (Å²) in [6.45, 7) is 7.34. The van der Waals surface area contributed by atoms with Crippen LogP contribution in [0.4, 0.5) is 0 Å². The van der Waals surface area contributed by atoms with Crippen LogP contribution in [0.2, 0.25) is 0 Å². The smallest absolute Gasteiger partial charge is 0.336 e. The third-order valence-electron chi connectivity index (χ3n) is 3.34. The van der Waals surface area contributed by atoms with Gasteiger partial charge in [0.25, 0.3) is 0 Å². The number of benzene rings is 1. The van der Waals surface area contributed by atoms with Crippen molar-refractivity contribution in [3.63, 3.8) is 0 Å². The minimum Gasteiger partial charge on any atom is -0.478 e. The van der Waals surface area contributed by atoms with Gasteiger partial charge >= 0.3 is 5.97 Å². The summed E-state index contributed by atoms with van der Waals surface area (Å²) in [6.07, 6.45) is 2.33. The number of carboxylic acids is 1. The summed E-state index contributed by atoms with van der Waals surface area (Å²) >= 11 is 1.04. The number of nitrogens with zero attached hydrogens (tertiary/aromatic N) is 1. The second-order valence-corrected chi connectivity index (χ2v) is 5.86. The van der Waals surface area contributed by atoms with Crippen LogP contribution in [0, 0.1) is 0 Å². The largest absolute Gasteiger partial charge is 0.478 e. The second-order valence-electron chi connectivity index (χ2n) is 4.76. The van der Waals surface area contributed by atoms with Crippen molar-refractivity contribution in [2.45, 2.75) is 38.0 Å². The Morgan fingerprint density at radius 3 is 2.43 bits per heavy atom. The number of carboxylic acid groups (broad SMARTS) is 1. The van der Waals surface area contributed by atoms with Gasteiger partial charge in [-0.1, -0.05) is 37.7 Å². The normalized spacial score (nSPS) is 10.8. The SMILES string of the molecule is CCN(CC)CCCCC(=O)Sc1ccccc1C(=O)O. The highest BCUT2D eigenvalue weighted by Crippen LogP contribution is 2.25. The zero-order chi connectivity index (χ0) is 15.7. The van der Waals surface area contributed by atoms with Gasteiger partial charge in [0.2, 0.25) is 0 Å². The molecule has 0 aromatic heterocycles. The first-order chi connectivity index (χ1) is 10.1. The third-order valence-corrected chi connectivity index (χ3v) is 4.35. The van der Waals surface area contributed by atoms with E-state index in [0.29, 0.717) is 11.3 Å². The molecule has 0 aliphatic carbocycles. The summed E-state index contributed by atoms with van der Waals surface area (Å²) < 4.78 is 0. The molecule has 1 aromatic carbocycles. The molecule has 0 aliphatic rings. The Labute approximate surface area is 130 Å². The molecule has 0 radical (unpaired) electrons. The number of hydrogen-bond acceptors (Lipinski definition) is 4. The van der Waals surface area contributed by atoms with Crippen LogP contribution >= 0.6 is 11.8 Å². The van der Waals surface area contributed by atoms with Gasteiger partial charge < -0.3 is 10.0 Å². The topological polar surface area (TPSA) is 57.6 Å². The van der Waals surface area contributed by atoms with E-state index < -0.39 is 5.97 Å². The van der Waals surface area contributed by atoms with Crippen molar-refractivity contribution in [1.29, 1.82) is 0 Å². The van der Waals surface area contributed by atoms with Crippen molar-refractivity contribution in [3.05, 3.63) is 29.8 Å². The van der Waals surface area contributed by atoms with Gasteiger partial charge in [0, 0.05) is 11.3 Å². The summed E-state index contributed by atoms with van der Waals surface area (Å²) in [5.74, 6) is -0.993. The first-order valence-electron chi connectivity index (χ1n) is 7.33. The zero-order valence-electron chi connectivity index (χ0n) is 12.7. The summed E-state index contributed by atoms with van der Waals surface area (Å²) in [4.78, 5) is 25.9. The lowest BCUT2D eigenvalue weighted by atomic mass is 10.2. The van der Waals surface area contributed by atoms with Crippen LogP contribution < -0.4 is 0 Å². The first-order valence-corrected chi connectivity index (χ1v) is 8.15. The highest BCUT2D eigenvalue weighted by Gasteiger charge is 2.13. The van der Waals surface area contributed by atoms with Gasteiger partial charge in [-0.3, -0.25) is 4.79 Å². The van der Waals surface area contributed by atoms with Gasteiger partial charge in [0.1, 0.15) is 0 Å². The molecule has 0 heterocycles. The van der Waals surface area contributed by atoms with E-state index in [1.807, 2.05) is 0 Å². The summed E-state index contributed by atoms with van der Waals surface area (Å²) in [5, 5.41) is 9.11. The van der Waals surface area contributed by atoms with Crippen LogP contribution in [-0.4, -0.2) is 40.7 Å². The summed E-state index contributed by atoms with van der Waals surface area (Å²) in [6, 6.07) is 6.63. The molecule has 4 nitrogen and oxygen atoms in total. The molecule has 0 spiro atoms. The number of carbonyl (C=O) groups excluding carboxylic acids is 1. The van der Waals surface area contributed by atoms with Crippen LogP contribution in [0.5, 0.6) is 0 Å². The molecular weight excluding hydrogens is 286 g/mol. The fourth-order valence-corrected chi connectivity index (χ4v) is 2.95. The van der Waals surface area contributed by atoms with E-state index >= 15 is 0 Å². The Morgan fingerprint density at radius 2 is 1.81 bits per heavy atom. The molecule has 1 aromatic rings. The molecule has 0 aliphatic heterocycles. The van der Waals surface area contributed by atoms with Crippen LogP contribution in [-0.2, 0) is 4.79 Å². The molecule has 116 valence electrons. The Hall–Kier alpha value is -1.33. The third kappa shape index (κ3) is 6.31. The lowest BCUT2D eigenvalue weighted by Gasteiger charge is -2.17. The van der Waals surface area contributed by atoms with Gasteiger partial charge in [-0.2, -0.15) is 0 Å². The number of unbranched alkanes of at least 4 members (excludes halogenated alkanes) is 1. The molecule has 0 unspecified atom stereocenters. The molecular formula is C16H23NO3S. The van der Waals surface area contributed by atoms with Crippen LogP contribution in [0.1, 0.15) is 43.5 Å². The molecule has 1 rings (SSSR count). The lowest BCUT2D eigenvalue weighted by Crippen LogP contribution is -2.23. The molecule has 0 amide bonds. The Kier molecular flexibility index (Phi) is 8.08. The second kappa shape index (κ2) is 9.58. The predicted octanol–water partition coefficient (Wildman–Crippen LogP) is 3.52. The maximum Gasteiger partial charge on any atom is 0.336 e. The highest BCUT2D eigenvalue weighted by atomic mass is 32.2.